The monoisotopic (exact) mass is 381 g/mol. The van der Waals surface area contributed by atoms with Crippen molar-refractivity contribution in [3.8, 4) is 5.75 Å². The molecule has 6 heteroatoms. The Morgan fingerprint density at radius 1 is 1.36 bits per heavy atom. The number of anilines is 1. The van der Waals surface area contributed by atoms with Crippen LogP contribution < -0.4 is 10.1 Å². The Morgan fingerprint density at radius 3 is 3.00 bits per heavy atom. The summed E-state index contributed by atoms with van der Waals surface area (Å²) < 4.78 is 11.3. The number of nitrogens with zero attached hydrogens (tertiary/aromatic N) is 2. The minimum absolute atomic E-state index is 0.0191. The van der Waals surface area contributed by atoms with Crippen molar-refractivity contribution in [2.75, 3.05) is 32.2 Å². The van der Waals surface area contributed by atoms with Crippen LogP contribution in [0.25, 0.3) is 0 Å². The molecule has 1 aliphatic heterocycles. The topological polar surface area (TPSA) is 63.7 Å². The number of nitrogens with one attached hydrogen (secondary N) is 1. The fraction of sp³-hybridized carbons (Fsp3) is 0.455. The minimum Gasteiger partial charge on any atom is -0.496 e. The van der Waals surface area contributed by atoms with Crippen LogP contribution in [0.4, 0.5) is 5.69 Å². The van der Waals surface area contributed by atoms with Gasteiger partial charge in [0.2, 0.25) is 5.91 Å². The second kappa shape index (κ2) is 8.71. The maximum atomic E-state index is 12.5. The van der Waals surface area contributed by atoms with Gasteiger partial charge in [0.25, 0.3) is 0 Å². The van der Waals surface area contributed by atoms with Crippen LogP contribution in [0.3, 0.4) is 0 Å². The number of aryl methyl sites for hydroxylation is 2. The number of fused-ring (bicyclic) bond motifs is 1. The molecule has 1 aromatic heterocycles. The first-order valence-corrected chi connectivity index (χ1v) is 9.93. The van der Waals surface area contributed by atoms with Gasteiger partial charge in [0.1, 0.15) is 5.75 Å². The molecule has 0 spiro atoms. The maximum absolute atomic E-state index is 12.5. The lowest BCUT2D eigenvalue weighted by Gasteiger charge is -2.35. The fourth-order valence-electron chi connectivity index (χ4n) is 4.13. The lowest BCUT2D eigenvalue weighted by molar-refractivity contribution is -0.119. The van der Waals surface area contributed by atoms with Crippen LogP contribution >= 0.6 is 0 Å². The third-order valence-electron chi connectivity index (χ3n) is 5.58. The highest BCUT2D eigenvalue weighted by atomic mass is 16.5. The van der Waals surface area contributed by atoms with Gasteiger partial charge < -0.3 is 14.8 Å². The molecule has 2 heterocycles. The van der Waals surface area contributed by atoms with E-state index in [0.717, 1.165) is 37.4 Å². The Kier molecular flexibility index (Phi) is 5.88. The van der Waals surface area contributed by atoms with E-state index in [1.165, 1.54) is 23.1 Å². The molecule has 1 fully saturated rings. The van der Waals surface area contributed by atoms with Gasteiger partial charge in [-0.25, -0.2) is 0 Å². The van der Waals surface area contributed by atoms with Crippen molar-refractivity contribution >= 4 is 11.6 Å². The molecule has 1 amide bonds. The number of ether oxygens (including phenoxy) is 2. The summed E-state index contributed by atoms with van der Waals surface area (Å²) in [5.74, 6) is 0.931. The molecule has 4 rings (SSSR count). The van der Waals surface area contributed by atoms with Gasteiger partial charge in [-0.3, -0.25) is 14.7 Å². The van der Waals surface area contributed by atoms with Crippen LogP contribution in [0, 0.1) is 0 Å². The number of carbonyl (C=O) groups excluding carboxylic acids is 1. The van der Waals surface area contributed by atoms with E-state index >= 15 is 0 Å². The molecule has 1 atom stereocenters. The van der Waals surface area contributed by atoms with Gasteiger partial charge in [0, 0.05) is 37.3 Å². The normalized spacial score (nSPS) is 19.2. The lowest BCUT2D eigenvalue weighted by Crippen LogP contribution is -2.46. The Balaban J connectivity index is 1.45. The number of rotatable bonds is 6. The molecule has 0 radical (unpaired) electrons. The summed E-state index contributed by atoms with van der Waals surface area (Å²) in [6.45, 7) is 2.83. The second-order valence-corrected chi connectivity index (χ2v) is 7.48. The van der Waals surface area contributed by atoms with Gasteiger partial charge in [0.05, 0.1) is 32.2 Å². The molecule has 1 N–H and O–H groups in total. The third kappa shape index (κ3) is 4.34. The van der Waals surface area contributed by atoms with Crippen LogP contribution in [0.1, 0.15) is 29.5 Å². The average Bonchev–Trinajstić information content (AvgIpc) is 3.17. The molecule has 28 heavy (non-hydrogen) atoms. The molecule has 0 saturated carbocycles. The first-order chi connectivity index (χ1) is 13.7. The SMILES string of the molecule is COc1cc2c(cc1CN1CCOC[C@H]1CC(=O)Nc1cccnc1)CCC2. The fourth-order valence-corrected chi connectivity index (χ4v) is 4.13. The highest BCUT2D eigenvalue weighted by molar-refractivity contribution is 5.90. The number of amides is 1. The van der Waals surface area contributed by atoms with Gasteiger partial charge in [-0.2, -0.15) is 0 Å². The highest BCUT2D eigenvalue weighted by Crippen LogP contribution is 2.31. The van der Waals surface area contributed by atoms with Gasteiger partial charge in [-0.1, -0.05) is 6.07 Å². The molecule has 6 nitrogen and oxygen atoms in total. The molecule has 2 aliphatic rings. The van der Waals surface area contributed by atoms with Gasteiger partial charge in [-0.15, -0.1) is 0 Å². The molecule has 0 unspecified atom stereocenters. The Hall–Kier alpha value is -2.44. The van der Waals surface area contributed by atoms with E-state index in [2.05, 4.69) is 27.3 Å². The molecule has 148 valence electrons. The van der Waals surface area contributed by atoms with Crippen molar-refractivity contribution in [1.29, 1.82) is 0 Å². The van der Waals surface area contributed by atoms with Crippen LogP contribution in [-0.4, -0.2) is 48.7 Å². The number of hydrogen-bond donors (Lipinski definition) is 1. The van der Waals surface area contributed by atoms with Crippen molar-refractivity contribution in [1.82, 2.24) is 9.88 Å². The number of methoxy groups -OCH3 is 1. The molecule has 0 bridgehead atoms. The first-order valence-electron chi connectivity index (χ1n) is 9.93. The first kappa shape index (κ1) is 18.9. The molecule has 2 aromatic rings. The van der Waals surface area contributed by atoms with Crippen LogP contribution in [0.5, 0.6) is 5.75 Å². The largest absolute Gasteiger partial charge is 0.496 e. The number of hydrogen-bond acceptors (Lipinski definition) is 5. The smallest absolute Gasteiger partial charge is 0.226 e. The summed E-state index contributed by atoms with van der Waals surface area (Å²) in [7, 11) is 1.73. The molecular weight excluding hydrogens is 354 g/mol. The zero-order valence-corrected chi connectivity index (χ0v) is 16.3. The zero-order chi connectivity index (χ0) is 19.3. The standard InChI is InChI=1S/C22H27N3O3/c1-27-21-11-17-5-2-4-16(17)10-18(21)14-25-8-9-28-15-20(25)12-22(26)24-19-6-3-7-23-13-19/h3,6-7,10-11,13,20H,2,4-5,8-9,12,14-15H2,1H3,(H,24,26)/t20-/m1/s1. The van der Waals surface area contributed by atoms with Crippen LogP contribution in [-0.2, 0) is 28.9 Å². The summed E-state index contributed by atoms with van der Waals surface area (Å²) in [6.07, 6.45) is 7.24. The van der Waals surface area contributed by atoms with Crippen LogP contribution in [0.2, 0.25) is 0 Å². The number of benzene rings is 1. The van der Waals surface area contributed by atoms with E-state index in [0.29, 0.717) is 19.6 Å². The van der Waals surface area contributed by atoms with Gasteiger partial charge in [-0.05, 0) is 48.6 Å². The molecule has 1 aliphatic carbocycles. The minimum atomic E-state index is -0.0191. The summed E-state index contributed by atoms with van der Waals surface area (Å²) in [4.78, 5) is 18.9. The third-order valence-corrected chi connectivity index (χ3v) is 5.58. The van der Waals surface area contributed by atoms with Gasteiger partial charge in [0.15, 0.2) is 0 Å². The molecule has 1 saturated heterocycles. The maximum Gasteiger partial charge on any atom is 0.226 e. The Morgan fingerprint density at radius 2 is 2.21 bits per heavy atom. The van der Waals surface area contributed by atoms with E-state index in [1.54, 1.807) is 19.5 Å². The molecule has 1 aromatic carbocycles. The van der Waals surface area contributed by atoms with Gasteiger partial charge >= 0.3 is 0 Å². The molecular formula is C22H27N3O3. The van der Waals surface area contributed by atoms with E-state index < -0.39 is 0 Å². The van der Waals surface area contributed by atoms with E-state index in [-0.39, 0.29) is 11.9 Å². The van der Waals surface area contributed by atoms with E-state index in [1.807, 2.05) is 12.1 Å². The van der Waals surface area contributed by atoms with E-state index in [9.17, 15) is 4.79 Å². The number of aromatic nitrogens is 1. The van der Waals surface area contributed by atoms with Crippen molar-refractivity contribution in [2.24, 2.45) is 0 Å². The zero-order valence-electron chi connectivity index (χ0n) is 16.3. The van der Waals surface area contributed by atoms with Crippen LogP contribution in [0.15, 0.2) is 36.7 Å². The average molecular weight is 381 g/mol. The summed E-state index contributed by atoms with van der Waals surface area (Å²) >= 11 is 0. The van der Waals surface area contributed by atoms with Crippen molar-refractivity contribution in [3.63, 3.8) is 0 Å². The predicted molar refractivity (Wildman–Crippen MR) is 108 cm³/mol. The lowest BCUT2D eigenvalue weighted by atomic mass is 10.0. The van der Waals surface area contributed by atoms with E-state index in [4.69, 9.17) is 9.47 Å². The predicted octanol–water partition coefficient (Wildman–Crippen LogP) is 2.81. The number of pyridine rings is 1. The summed E-state index contributed by atoms with van der Waals surface area (Å²) in [6, 6.07) is 8.19. The highest BCUT2D eigenvalue weighted by Gasteiger charge is 2.27. The van der Waals surface area contributed by atoms with Crippen molar-refractivity contribution < 1.29 is 14.3 Å². The van der Waals surface area contributed by atoms with Crippen molar-refractivity contribution in [3.05, 3.63) is 53.3 Å². The number of morpholine rings is 1. The van der Waals surface area contributed by atoms with Crippen molar-refractivity contribution in [2.45, 2.75) is 38.3 Å². The summed E-state index contributed by atoms with van der Waals surface area (Å²) in [5.41, 5.74) is 4.77. The Bertz CT molecular complexity index is 825. The quantitative estimate of drug-likeness (QED) is 0.834. The Labute approximate surface area is 165 Å². The number of carbonyl (C=O) groups is 1. The summed E-state index contributed by atoms with van der Waals surface area (Å²) in [5, 5.41) is 2.92. The second-order valence-electron chi connectivity index (χ2n) is 7.48.